The van der Waals surface area contributed by atoms with E-state index in [0.29, 0.717) is 22.6 Å². The summed E-state index contributed by atoms with van der Waals surface area (Å²) in [5.41, 5.74) is 1.57. The lowest BCUT2D eigenvalue weighted by Gasteiger charge is -2.28. The number of hydrogen-bond donors (Lipinski definition) is 1. The Morgan fingerprint density at radius 1 is 1.06 bits per heavy atom. The van der Waals surface area contributed by atoms with Crippen LogP contribution in [0.5, 0.6) is 0 Å². The largest absolute Gasteiger partial charge is 0.357 e. The van der Waals surface area contributed by atoms with Crippen molar-refractivity contribution in [1.82, 2.24) is 15.1 Å². The minimum absolute atomic E-state index is 0.0926. The smallest absolute Gasteiger partial charge is 0.261 e. The predicted octanol–water partition coefficient (Wildman–Crippen LogP) is 2.88. The fourth-order valence-electron chi connectivity index (χ4n) is 3.60. The first kappa shape index (κ1) is 22.5. The number of nitrogens with one attached hydrogen (secondary N) is 1. The van der Waals surface area contributed by atoms with Crippen LogP contribution >= 0.6 is 11.6 Å². The van der Waals surface area contributed by atoms with Gasteiger partial charge in [0, 0.05) is 31.6 Å². The highest BCUT2D eigenvalue weighted by atomic mass is 35.5. The summed E-state index contributed by atoms with van der Waals surface area (Å²) >= 11 is 6.05. The minimum Gasteiger partial charge on any atom is -0.357 e. The lowest BCUT2D eigenvalue weighted by Crippen LogP contribution is -2.46. The molecular weight excluding hydrogens is 418 g/mol. The van der Waals surface area contributed by atoms with Gasteiger partial charge >= 0.3 is 0 Å². The van der Waals surface area contributed by atoms with Gasteiger partial charge in [0.15, 0.2) is 0 Å². The van der Waals surface area contributed by atoms with Crippen molar-refractivity contribution in [2.75, 3.05) is 13.6 Å². The van der Waals surface area contributed by atoms with Crippen molar-refractivity contribution < 1.29 is 19.2 Å². The number of nitrogens with zero attached hydrogens (tertiary/aromatic N) is 2. The Morgan fingerprint density at radius 3 is 2.29 bits per heavy atom. The Balaban J connectivity index is 1.66. The van der Waals surface area contributed by atoms with Crippen LogP contribution in [0.2, 0.25) is 5.02 Å². The highest BCUT2D eigenvalue weighted by Crippen LogP contribution is 2.23. The van der Waals surface area contributed by atoms with Gasteiger partial charge < -0.3 is 10.2 Å². The van der Waals surface area contributed by atoms with Crippen molar-refractivity contribution in [3.8, 4) is 0 Å². The highest BCUT2D eigenvalue weighted by Gasteiger charge is 2.35. The summed E-state index contributed by atoms with van der Waals surface area (Å²) in [5.74, 6) is -1.21. The molecule has 3 rings (SSSR count). The number of benzene rings is 2. The summed E-state index contributed by atoms with van der Waals surface area (Å²) in [6, 6.07) is 13.1. The third-order valence-electron chi connectivity index (χ3n) is 5.31. The van der Waals surface area contributed by atoms with Gasteiger partial charge in [0.05, 0.1) is 11.1 Å². The lowest BCUT2D eigenvalue weighted by atomic mass is 10.1. The summed E-state index contributed by atoms with van der Waals surface area (Å²) in [4.78, 5) is 52.7. The summed E-state index contributed by atoms with van der Waals surface area (Å²) in [6.07, 6.45) is 0.395. The SMILES string of the molecule is CNC(=O)[C@H](C)N(Cc1cccc(Cl)c1)C(=O)CCCN1C(=O)c2ccccc2C1=O. The minimum atomic E-state index is -0.684. The number of amides is 4. The van der Waals surface area contributed by atoms with Crippen LogP contribution in [0, 0.1) is 0 Å². The van der Waals surface area contributed by atoms with Gasteiger partial charge in [0.25, 0.3) is 11.8 Å². The van der Waals surface area contributed by atoms with Gasteiger partial charge in [-0.05, 0) is 43.2 Å². The van der Waals surface area contributed by atoms with Gasteiger partial charge in [-0.2, -0.15) is 0 Å². The zero-order chi connectivity index (χ0) is 22.5. The van der Waals surface area contributed by atoms with Gasteiger partial charge in [0.1, 0.15) is 6.04 Å². The van der Waals surface area contributed by atoms with Crippen molar-refractivity contribution in [3.05, 3.63) is 70.2 Å². The average molecular weight is 442 g/mol. The van der Waals surface area contributed by atoms with E-state index in [-0.39, 0.29) is 43.1 Å². The molecule has 0 saturated carbocycles. The fraction of sp³-hybridized carbons (Fsp3) is 0.304. The number of carbonyl (C=O) groups is 4. The van der Waals surface area contributed by atoms with Crippen molar-refractivity contribution in [3.63, 3.8) is 0 Å². The molecule has 1 aliphatic heterocycles. The van der Waals surface area contributed by atoms with E-state index < -0.39 is 6.04 Å². The molecule has 1 N–H and O–H groups in total. The molecule has 31 heavy (non-hydrogen) atoms. The normalized spacial score (nSPS) is 13.7. The molecule has 0 radical (unpaired) electrons. The van der Waals surface area contributed by atoms with Crippen LogP contribution in [0.1, 0.15) is 46.0 Å². The van der Waals surface area contributed by atoms with E-state index in [1.165, 1.54) is 16.8 Å². The first-order valence-corrected chi connectivity index (χ1v) is 10.4. The van der Waals surface area contributed by atoms with Crippen molar-refractivity contribution in [1.29, 1.82) is 0 Å². The second kappa shape index (κ2) is 9.75. The molecular formula is C23H24ClN3O4. The number of rotatable bonds is 8. The molecule has 0 saturated heterocycles. The van der Waals surface area contributed by atoms with Crippen LogP contribution in [0.4, 0.5) is 0 Å². The van der Waals surface area contributed by atoms with Crippen LogP contribution in [-0.2, 0) is 16.1 Å². The van der Waals surface area contributed by atoms with Gasteiger partial charge in [-0.1, -0.05) is 35.9 Å². The fourth-order valence-corrected chi connectivity index (χ4v) is 3.81. The van der Waals surface area contributed by atoms with Crippen molar-refractivity contribution in [2.24, 2.45) is 0 Å². The van der Waals surface area contributed by atoms with E-state index >= 15 is 0 Å². The molecule has 0 bridgehead atoms. The van der Waals surface area contributed by atoms with E-state index in [1.807, 2.05) is 6.07 Å². The van der Waals surface area contributed by atoms with E-state index in [0.717, 1.165) is 5.56 Å². The van der Waals surface area contributed by atoms with Crippen LogP contribution in [0.3, 0.4) is 0 Å². The number of halogens is 1. The third-order valence-corrected chi connectivity index (χ3v) is 5.54. The number of fused-ring (bicyclic) bond motifs is 1. The monoisotopic (exact) mass is 441 g/mol. The Hall–Kier alpha value is -3.19. The predicted molar refractivity (Wildman–Crippen MR) is 117 cm³/mol. The standard InChI is InChI=1S/C23H24ClN3O4/c1-15(21(29)25-2)27(14-16-7-5-8-17(24)13-16)20(28)11-6-12-26-22(30)18-9-3-4-10-19(18)23(26)31/h3-5,7-10,13,15H,6,11-12,14H2,1-2H3,(H,25,29)/t15-/m0/s1. The first-order chi connectivity index (χ1) is 14.8. The summed E-state index contributed by atoms with van der Waals surface area (Å²) in [7, 11) is 1.52. The van der Waals surface area contributed by atoms with E-state index in [1.54, 1.807) is 49.4 Å². The number of imide groups is 1. The van der Waals surface area contributed by atoms with Crippen LogP contribution in [-0.4, -0.2) is 53.1 Å². The Kier molecular flexibility index (Phi) is 7.07. The van der Waals surface area contributed by atoms with Gasteiger partial charge in [-0.25, -0.2) is 0 Å². The molecule has 7 nitrogen and oxygen atoms in total. The quantitative estimate of drug-likeness (QED) is 0.638. The molecule has 0 unspecified atom stereocenters. The molecule has 162 valence electrons. The van der Waals surface area contributed by atoms with E-state index in [9.17, 15) is 19.2 Å². The molecule has 2 aromatic carbocycles. The van der Waals surface area contributed by atoms with E-state index in [2.05, 4.69) is 5.32 Å². The van der Waals surface area contributed by atoms with Crippen molar-refractivity contribution in [2.45, 2.75) is 32.4 Å². The van der Waals surface area contributed by atoms with Gasteiger partial charge in [-0.15, -0.1) is 0 Å². The first-order valence-electron chi connectivity index (χ1n) is 10.0. The molecule has 0 spiro atoms. The maximum atomic E-state index is 13.0. The number of likely N-dealkylation sites (N-methyl/N-ethyl adjacent to an activating group) is 1. The number of hydrogen-bond acceptors (Lipinski definition) is 4. The highest BCUT2D eigenvalue weighted by molar-refractivity contribution is 6.30. The molecule has 4 amide bonds. The molecule has 0 aromatic heterocycles. The number of carbonyl (C=O) groups excluding carboxylic acids is 4. The Labute approximate surface area is 186 Å². The van der Waals surface area contributed by atoms with Crippen LogP contribution in [0.25, 0.3) is 0 Å². The molecule has 0 aliphatic carbocycles. The van der Waals surface area contributed by atoms with Gasteiger partial charge in [-0.3, -0.25) is 24.1 Å². The average Bonchev–Trinajstić information content (AvgIpc) is 3.01. The zero-order valence-corrected chi connectivity index (χ0v) is 18.2. The molecule has 1 atom stereocenters. The van der Waals surface area contributed by atoms with Crippen LogP contribution < -0.4 is 5.32 Å². The molecule has 0 fully saturated rings. The summed E-state index contributed by atoms with van der Waals surface area (Å²) in [5, 5.41) is 3.11. The second-order valence-corrected chi connectivity index (χ2v) is 7.79. The van der Waals surface area contributed by atoms with E-state index in [4.69, 9.17) is 11.6 Å². The van der Waals surface area contributed by atoms with Crippen molar-refractivity contribution >= 4 is 35.2 Å². The summed E-state index contributed by atoms with van der Waals surface area (Å²) in [6.45, 7) is 2.02. The zero-order valence-electron chi connectivity index (χ0n) is 17.4. The maximum Gasteiger partial charge on any atom is 0.261 e. The summed E-state index contributed by atoms with van der Waals surface area (Å²) < 4.78 is 0. The molecule has 1 heterocycles. The van der Waals surface area contributed by atoms with Gasteiger partial charge in [0.2, 0.25) is 11.8 Å². The molecule has 8 heteroatoms. The molecule has 2 aromatic rings. The second-order valence-electron chi connectivity index (χ2n) is 7.35. The molecule has 1 aliphatic rings. The van der Waals surface area contributed by atoms with Crippen LogP contribution in [0.15, 0.2) is 48.5 Å². The Bertz CT molecular complexity index is 988. The third kappa shape index (κ3) is 4.94. The Morgan fingerprint density at radius 2 is 1.71 bits per heavy atom. The topological polar surface area (TPSA) is 86.8 Å². The lowest BCUT2D eigenvalue weighted by molar-refractivity contribution is -0.140. The maximum absolute atomic E-state index is 13.0.